The molecule has 2 atom stereocenters. The molecule has 5 nitrogen and oxygen atoms in total. The summed E-state index contributed by atoms with van der Waals surface area (Å²) in [6.07, 6.45) is 9.30. The smallest absolute Gasteiger partial charge is 0.220 e. The van der Waals surface area contributed by atoms with Gasteiger partial charge < -0.3 is 16.4 Å². The van der Waals surface area contributed by atoms with Crippen molar-refractivity contribution in [3.8, 4) is 0 Å². The molecule has 0 saturated heterocycles. The van der Waals surface area contributed by atoms with Crippen LogP contribution < -0.4 is 16.4 Å². The Morgan fingerprint density at radius 1 is 0.864 bits per heavy atom. The van der Waals surface area contributed by atoms with Gasteiger partial charge in [0.1, 0.15) is 0 Å². The number of hydrogen-bond donors (Lipinski definition) is 3. The van der Waals surface area contributed by atoms with Crippen LogP contribution in [0, 0.1) is 11.8 Å². The Balaban J connectivity index is 0.00000242. The second kappa shape index (κ2) is 10.1. The highest BCUT2D eigenvalue weighted by molar-refractivity contribution is 5.85. The highest BCUT2D eigenvalue weighted by Crippen LogP contribution is 2.27. The molecular formula is C16H30ClN3O2. The maximum atomic E-state index is 11.8. The Morgan fingerprint density at radius 3 is 2.00 bits per heavy atom. The van der Waals surface area contributed by atoms with Gasteiger partial charge in [0.15, 0.2) is 0 Å². The van der Waals surface area contributed by atoms with E-state index in [0.717, 1.165) is 19.3 Å². The first-order chi connectivity index (χ1) is 10.1. The average Bonchev–Trinajstić information content (AvgIpc) is 3.08. The van der Waals surface area contributed by atoms with Crippen LogP contribution >= 0.6 is 12.4 Å². The summed E-state index contributed by atoms with van der Waals surface area (Å²) in [5.74, 6) is 1.08. The lowest BCUT2D eigenvalue weighted by Gasteiger charge is -2.15. The lowest BCUT2D eigenvalue weighted by atomic mass is 10.00. The van der Waals surface area contributed by atoms with Crippen LogP contribution in [0.15, 0.2) is 0 Å². The number of hydrogen-bond acceptors (Lipinski definition) is 3. The van der Waals surface area contributed by atoms with Crippen LogP contribution in [0.5, 0.6) is 0 Å². The summed E-state index contributed by atoms with van der Waals surface area (Å²) >= 11 is 0. The monoisotopic (exact) mass is 331 g/mol. The van der Waals surface area contributed by atoms with Gasteiger partial charge in [-0.2, -0.15) is 0 Å². The summed E-state index contributed by atoms with van der Waals surface area (Å²) in [4.78, 5) is 23.5. The minimum atomic E-state index is 0. The molecule has 0 radical (unpaired) electrons. The second-order valence-corrected chi connectivity index (χ2v) is 6.61. The maximum Gasteiger partial charge on any atom is 0.220 e. The van der Waals surface area contributed by atoms with Crippen molar-refractivity contribution in [3.63, 3.8) is 0 Å². The molecule has 22 heavy (non-hydrogen) atoms. The van der Waals surface area contributed by atoms with Crippen molar-refractivity contribution in [1.82, 2.24) is 10.6 Å². The standard InChI is InChI=1S/C16H29N3O2.ClH/c17-14-7-3-6-13(14)11-16(21)19-9-8-18-15(20)10-12-4-1-2-5-12;/h12-14H,1-11,17H2,(H,18,20)(H,19,21);1H/t13-,14+;/m0./s1. The van der Waals surface area contributed by atoms with Gasteiger partial charge in [0, 0.05) is 32.0 Å². The summed E-state index contributed by atoms with van der Waals surface area (Å²) in [6.45, 7) is 1.03. The van der Waals surface area contributed by atoms with Crippen LogP contribution in [0.2, 0.25) is 0 Å². The Kier molecular flexibility index (Phi) is 8.79. The molecule has 2 aliphatic carbocycles. The van der Waals surface area contributed by atoms with Crippen LogP contribution in [0.3, 0.4) is 0 Å². The van der Waals surface area contributed by atoms with E-state index in [-0.39, 0.29) is 30.3 Å². The summed E-state index contributed by atoms with van der Waals surface area (Å²) in [5.41, 5.74) is 5.96. The zero-order chi connectivity index (χ0) is 15.1. The first-order valence-electron chi connectivity index (χ1n) is 8.44. The number of carbonyl (C=O) groups excluding carboxylic acids is 2. The molecule has 0 spiro atoms. The molecule has 0 aromatic rings. The van der Waals surface area contributed by atoms with Gasteiger partial charge >= 0.3 is 0 Å². The van der Waals surface area contributed by atoms with E-state index in [1.165, 1.54) is 25.7 Å². The molecule has 0 unspecified atom stereocenters. The Hall–Kier alpha value is -0.810. The largest absolute Gasteiger partial charge is 0.354 e. The van der Waals surface area contributed by atoms with E-state index in [9.17, 15) is 9.59 Å². The maximum absolute atomic E-state index is 11.8. The summed E-state index contributed by atoms with van der Waals surface area (Å²) in [5, 5.41) is 5.76. The van der Waals surface area contributed by atoms with Crippen LogP contribution in [0.1, 0.15) is 57.8 Å². The minimum absolute atomic E-state index is 0. The number of amides is 2. The minimum Gasteiger partial charge on any atom is -0.354 e. The zero-order valence-corrected chi connectivity index (χ0v) is 14.1. The number of nitrogens with one attached hydrogen (secondary N) is 2. The molecule has 4 N–H and O–H groups in total. The van der Waals surface area contributed by atoms with Crippen molar-refractivity contribution < 1.29 is 9.59 Å². The molecule has 0 aromatic carbocycles. The van der Waals surface area contributed by atoms with Gasteiger partial charge in [0.25, 0.3) is 0 Å². The van der Waals surface area contributed by atoms with Gasteiger partial charge in [0.2, 0.25) is 11.8 Å². The molecule has 0 heterocycles. The fraction of sp³-hybridized carbons (Fsp3) is 0.875. The molecule has 0 bridgehead atoms. The predicted octanol–water partition coefficient (Wildman–Crippen LogP) is 1.74. The second-order valence-electron chi connectivity index (χ2n) is 6.61. The molecular weight excluding hydrogens is 302 g/mol. The van der Waals surface area contributed by atoms with Crippen molar-refractivity contribution in [2.24, 2.45) is 17.6 Å². The molecule has 2 saturated carbocycles. The van der Waals surface area contributed by atoms with Gasteiger partial charge in [-0.3, -0.25) is 9.59 Å². The normalized spacial score (nSPS) is 24.8. The Morgan fingerprint density at radius 2 is 1.45 bits per heavy atom. The predicted molar refractivity (Wildman–Crippen MR) is 89.8 cm³/mol. The summed E-state index contributed by atoms with van der Waals surface area (Å²) < 4.78 is 0. The average molecular weight is 332 g/mol. The fourth-order valence-electron chi connectivity index (χ4n) is 3.58. The molecule has 0 aliphatic heterocycles. The summed E-state index contributed by atoms with van der Waals surface area (Å²) in [7, 11) is 0. The molecule has 2 amide bonds. The van der Waals surface area contributed by atoms with Crippen LogP contribution in [0.4, 0.5) is 0 Å². The number of nitrogens with two attached hydrogens (primary N) is 1. The van der Waals surface area contributed by atoms with Gasteiger partial charge in [0.05, 0.1) is 0 Å². The van der Waals surface area contributed by atoms with Crippen molar-refractivity contribution in [3.05, 3.63) is 0 Å². The van der Waals surface area contributed by atoms with Crippen molar-refractivity contribution >= 4 is 24.2 Å². The zero-order valence-electron chi connectivity index (χ0n) is 13.3. The number of rotatable bonds is 7. The van der Waals surface area contributed by atoms with Crippen LogP contribution in [-0.2, 0) is 9.59 Å². The molecule has 2 rings (SSSR count). The SMILES string of the molecule is Cl.N[C@@H]1CCC[C@H]1CC(=O)NCCNC(=O)CC1CCCC1. The highest BCUT2D eigenvalue weighted by atomic mass is 35.5. The summed E-state index contributed by atoms with van der Waals surface area (Å²) in [6, 6.07) is 0.182. The van der Waals surface area contributed by atoms with Gasteiger partial charge in [-0.25, -0.2) is 0 Å². The third kappa shape index (κ3) is 6.53. The van der Waals surface area contributed by atoms with Crippen LogP contribution in [-0.4, -0.2) is 30.9 Å². The van der Waals surface area contributed by atoms with Crippen molar-refractivity contribution in [2.75, 3.05) is 13.1 Å². The van der Waals surface area contributed by atoms with Crippen molar-refractivity contribution in [1.29, 1.82) is 0 Å². The Bertz CT molecular complexity index is 359. The van der Waals surface area contributed by atoms with E-state index in [4.69, 9.17) is 5.73 Å². The lowest BCUT2D eigenvalue weighted by molar-refractivity contribution is -0.123. The van der Waals surface area contributed by atoms with E-state index in [1.807, 2.05) is 0 Å². The molecule has 2 fully saturated rings. The first-order valence-corrected chi connectivity index (χ1v) is 8.44. The highest BCUT2D eigenvalue weighted by Gasteiger charge is 2.25. The lowest BCUT2D eigenvalue weighted by Crippen LogP contribution is -2.37. The van der Waals surface area contributed by atoms with E-state index < -0.39 is 0 Å². The third-order valence-corrected chi connectivity index (χ3v) is 4.88. The molecule has 6 heteroatoms. The van der Waals surface area contributed by atoms with Gasteiger partial charge in [-0.05, 0) is 37.5 Å². The first kappa shape index (κ1) is 19.2. The van der Waals surface area contributed by atoms with E-state index in [2.05, 4.69) is 10.6 Å². The topological polar surface area (TPSA) is 84.2 Å². The number of carbonyl (C=O) groups is 2. The van der Waals surface area contributed by atoms with Gasteiger partial charge in [-0.1, -0.05) is 19.3 Å². The Labute approximate surface area is 139 Å². The van der Waals surface area contributed by atoms with Crippen LogP contribution in [0.25, 0.3) is 0 Å². The molecule has 0 aromatic heterocycles. The molecule has 128 valence electrons. The molecule has 2 aliphatic rings. The van der Waals surface area contributed by atoms with E-state index >= 15 is 0 Å². The number of halogens is 1. The van der Waals surface area contributed by atoms with E-state index in [1.54, 1.807) is 0 Å². The van der Waals surface area contributed by atoms with Gasteiger partial charge in [-0.15, -0.1) is 12.4 Å². The van der Waals surface area contributed by atoms with E-state index in [0.29, 0.717) is 37.8 Å². The third-order valence-electron chi connectivity index (χ3n) is 4.88. The van der Waals surface area contributed by atoms with Crippen molar-refractivity contribution in [2.45, 2.75) is 63.8 Å². The quantitative estimate of drug-likeness (QED) is 0.621. The fourth-order valence-corrected chi connectivity index (χ4v) is 3.58.